The lowest BCUT2D eigenvalue weighted by molar-refractivity contribution is -0.167. The minimum Gasteiger partial charge on any atom is -0.466 e. The van der Waals surface area contributed by atoms with E-state index in [1.165, 1.54) is 5.56 Å². The third-order valence-electron chi connectivity index (χ3n) is 5.08. The molecule has 1 heterocycles. The Morgan fingerprint density at radius 1 is 1.24 bits per heavy atom. The molecule has 1 aromatic rings. The molecule has 4 heteroatoms. The average Bonchev–Trinajstić information content (AvgIpc) is 2.62. The molecule has 2 rings (SSSR count). The topological polar surface area (TPSA) is 44.8 Å². The number of benzene rings is 1. The lowest BCUT2D eigenvalue weighted by Gasteiger charge is -2.39. The summed E-state index contributed by atoms with van der Waals surface area (Å²) in [6, 6.07) is 10.2. The van der Waals surface area contributed by atoms with Gasteiger partial charge in [-0.3, -0.25) is 4.79 Å². The highest BCUT2D eigenvalue weighted by Gasteiger charge is 2.37. The van der Waals surface area contributed by atoms with E-state index in [9.17, 15) is 4.79 Å². The fourth-order valence-corrected chi connectivity index (χ4v) is 3.48. The van der Waals surface area contributed by atoms with Crippen molar-refractivity contribution in [2.24, 2.45) is 17.8 Å². The molecule has 0 unspecified atom stereocenters. The first-order chi connectivity index (χ1) is 12.0. The predicted octanol–water partition coefficient (Wildman–Crippen LogP) is 4.22. The molecule has 0 aromatic heterocycles. The van der Waals surface area contributed by atoms with E-state index in [1.807, 2.05) is 32.0 Å². The van der Waals surface area contributed by atoms with Crippen LogP contribution < -0.4 is 0 Å². The van der Waals surface area contributed by atoms with Gasteiger partial charge in [0, 0.05) is 5.92 Å². The standard InChI is InChI=1S/C21H32O4/c1-5-24-21(22)17(4)20-15(2)11-12-19(25-20)16(3)13-23-14-18-9-7-6-8-10-18/h6-10,15-17,19-20H,5,11-14H2,1-4H3/t15-,16+,17+,19+,20-/m0/s1. The molecule has 0 aliphatic carbocycles. The van der Waals surface area contributed by atoms with Crippen LogP contribution in [0.1, 0.15) is 46.1 Å². The van der Waals surface area contributed by atoms with Gasteiger partial charge >= 0.3 is 5.97 Å². The SMILES string of the molecule is CCOC(=O)[C@H](C)[C@H]1O[C@@H]([C@H](C)COCc2ccccc2)CC[C@@H]1C. The number of esters is 1. The molecular weight excluding hydrogens is 316 g/mol. The molecule has 0 N–H and O–H groups in total. The van der Waals surface area contributed by atoms with E-state index < -0.39 is 0 Å². The van der Waals surface area contributed by atoms with Crippen LogP contribution in [-0.4, -0.2) is 31.4 Å². The molecule has 1 aliphatic rings. The second kappa shape index (κ2) is 9.93. The van der Waals surface area contributed by atoms with E-state index in [2.05, 4.69) is 26.0 Å². The highest BCUT2D eigenvalue weighted by atomic mass is 16.5. The summed E-state index contributed by atoms with van der Waals surface area (Å²) in [5.41, 5.74) is 1.18. The van der Waals surface area contributed by atoms with E-state index >= 15 is 0 Å². The molecule has 5 atom stereocenters. The second-order valence-electron chi connectivity index (χ2n) is 7.21. The van der Waals surface area contributed by atoms with Crippen molar-refractivity contribution in [3.8, 4) is 0 Å². The molecule has 1 fully saturated rings. The first-order valence-electron chi connectivity index (χ1n) is 9.46. The van der Waals surface area contributed by atoms with Crippen LogP contribution in [0.2, 0.25) is 0 Å². The average molecular weight is 348 g/mol. The Labute approximate surface area is 151 Å². The van der Waals surface area contributed by atoms with E-state index in [4.69, 9.17) is 14.2 Å². The van der Waals surface area contributed by atoms with Crippen LogP contribution in [0.15, 0.2) is 30.3 Å². The van der Waals surface area contributed by atoms with Gasteiger partial charge in [-0.15, -0.1) is 0 Å². The first kappa shape index (κ1) is 19.9. The number of ether oxygens (including phenoxy) is 3. The molecule has 0 bridgehead atoms. The fourth-order valence-electron chi connectivity index (χ4n) is 3.48. The van der Waals surface area contributed by atoms with Crippen LogP contribution >= 0.6 is 0 Å². The van der Waals surface area contributed by atoms with Crippen molar-refractivity contribution in [3.63, 3.8) is 0 Å². The van der Waals surface area contributed by atoms with Crippen molar-refractivity contribution >= 4 is 5.97 Å². The quantitative estimate of drug-likeness (QED) is 0.660. The molecule has 140 valence electrons. The van der Waals surface area contributed by atoms with Crippen LogP contribution in [0.3, 0.4) is 0 Å². The molecule has 25 heavy (non-hydrogen) atoms. The van der Waals surface area contributed by atoms with Gasteiger partial charge in [0.2, 0.25) is 0 Å². The van der Waals surface area contributed by atoms with Gasteiger partial charge in [-0.2, -0.15) is 0 Å². The van der Waals surface area contributed by atoms with Crippen molar-refractivity contribution < 1.29 is 19.0 Å². The molecule has 0 amide bonds. The summed E-state index contributed by atoms with van der Waals surface area (Å²) in [5, 5.41) is 0. The number of hydrogen-bond donors (Lipinski definition) is 0. The van der Waals surface area contributed by atoms with Crippen LogP contribution in [0.25, 0.3) is 0 Å². The molecular formula is C21H32O4. The molecule has 1 saturated heterocycles. The van der Waals surface area contributed by atoms with Crippen molar-refractivity contribution in [1.82, 2.24) is 0 Å². The zero-order chi connectivity index (χ0) is 18.2. The Morgan fingerprint density at radius 3 is 2.64 bits per heavy atom. The van der Waals surface area contributed by atoms with Crippen molar-refractivity contribution in [1.29, 1.82) is 0 Å². The maximum Gasteiger partial charge on any atom is 0.311 e. The molecule has 0 saturated carbocycles. The summed E-state index contributed by atoms with van der Waals surface area (Å²) in [5.74, 6) is 0.282. The lowest BCUT2D eigenvalue weighted by atomic mass is 9.84. The number of carbonyl (C=O) groups is 1. The summed E-state index contributed by atoms with van der Waals surface area (Å²) in [6.45, 7) is 9.77. The van der Waals surface area contributed by atoms with Crippen LogP contribution in [0, 0.1) is 17.8 Å². The molecule has 0 spiro atoms. The van der Waals surface area contributed by atoms with Gasteiger partial charge in [-0.25, -0.2) is 0 Å². The van der Waals surface area contributed by atoms with Gasteiger partial charge in [-0.05, 0) is 38.2 Å². The second-order valence-corrected chi connectivity index (χ2v) is 7.21. The van der Waals surface area contributed by atoms with E-state index in [1.54, 1.807) is 0 Å². The van der Waals surface area contributed by atoms with Crippen molar-refractivity contribution in [3.05, 3.63) is 35.9 Å². The summed E-state index contributed by atoms with van der Waals surface area (Å²) in [4.78, 5) is 12.1. The van der Waals surface area contributed by atoms with Crippen LogP contribution in [0.4, 0.5) is 0 Å². The Bertz CT molecular complexity index is 516. The van der Waals surface area contributed by atoms with Crippen molar-refractivity contribution in [2.75, 3.05) is 13.2 Å². The summed E-state index contributed by atoms with van der Waals surface area (Å²) in [7, 11) is 0. The minimum absolute atomic E-state index is 0.0747. The number of rotatable bonds is 8. The van der Waals surface area contributed by atoms with Gasteiger partial charge < -0.3 is 14.2 Å². The lowest BCUT2D eigenvalue weighted by Crippen LogP contribution is -2.44. The molecule has 1 aromatic carbocycles. The van der Waals surface area contributed by atoms with E-state index in [0.717, 1.165) is 12.8 Å². The van der Waals surface area contributed by atoms with Gasteiger partial charge in [-0.1, -0.05) is 44.2 Å². The predicted molar refractivity (Wildman–Crippen MR) is 98.1 cm³/mol. The normalized spacial score (nSPS) is 26.0. The van der Waals surface area contributed by atoms with Crippen molar-refractivity contribution in [2.45, 2.75) is 59.4 Å². The summed E-state index contributed by atoms with van der Waals surface area (Å²) in [6.07, 6.45) is 2.15. The fraction of sp³-hybridized carbons (Fsp3) is 0.667. The Morgan fingerprint density at radius 2 is 1.96 bits per heavy atom. The third kappa shape index (κ3) is 5.82. The first-order valence-corrected chi connectivity index (χ1v) is 9.46. The summed E-state index contributed by atoms with van der Waals surface area (Å²) >= 11 is 0. The zero-order valence-corrected chi connectivity index (χ0v) is 15.9. The Balaban J connectivity index is 1.83. The Hall–Kier alpha value is -1.39. The highest BCUT2D eigenvalue weighted by molar-refractivity contribution is 5.72. The summed E-state index contributed by atoms with van der Waals surface area (Å²) < 4.78 is 17.4. The Kier molecular flexibility index (Phi) is 7.91. The monoisotopic (exact) mass is 348 g/mol. The maximum atomic E-state index is 12.1. The van der Waals surface area contributed by atoms with Crippen LogP contribution in [0.5, 0.6) is 0 Å². The van der Waals surface area contributed by atoms with Gasteiger partial charge in [0.05, 0.1) is 37.9 Å². The van der Waals surface area contributed by atoms with Crippen LogP contribution in [-0.2, 0) is 25.6 Å². The number of carbonyl (C=O) groups excluding carboxylic acids is 1. The van der Waals surface area contributed by atoms with Gasteiger partial charge in [0.15, 0.2) is 0 Å². The smallest absolute Gasteiger partial charge is 0.311 e. The largest absolute Gasteiger partial charge is 0.466 e. The van der Waals surface area contributed by atoms with Gasteiger partial charge in [0.25, 0.3) is 0 Å². The maximum absolute atomic E-state index is 12.1. The molecule has 4 nitrogen and oxygen atoms in total. The molecule has 0 radical (unpaired) electrons. The third-order valence-corrected chi connectivity index (χ3v) is 5.08. The highest BCUT2D eigenvalue weighted by Crippen LogP contribution is 2.33. The van der Waals surface area contributed by atoms with E-state index in [0.29, 0.717) is 31.7 Å². The number of hydrogen-bond acceptors (Lipinski definition) is 4. The van der Waals surface area contributed by atoms with E-state index in [-0.39, 0.29) is 24.1 Å². The molecule has 1 aliphatic heterocycles. The zero-order valence-electron chi connectivity index (χ0n) is 15.9. The van der Waals surface area contributed by atoms with Gasteiger partial charge in [0.1, 0.15) is 0 Å². The minimum atomic E-state index is -0.227.